The molecule has 0 aliphatic carbocycles. The van der Waals surface area contributed by atoms with E-state index in [1.807, 2.05) is 28.1 Å². The molecule has 2 atom stereocenters. The first-order valence-corrected chi connectivity index (χ1v) is 17.3. The highest BCUT2D eigenvalue weighted by molar-refractivity contribution is 7.47. The van der Waals surface area contributed by atoms with E-state index in [2.05, 4.69) is 6.92 Å². The molecule has 9 nitrogen and oxygen atoms in total. The highest BCUT2D eigenvalue weighted by Gasteiger charge is 2.27. The second-order valence-corrected chi connectivity index (χ2v) is 13.3. The maximum atomic E-state index is 12.2. The number of phosphoric acid groups is 1. The number of unbranched alkanes of at least 4 members (excludes halogenated alkanes) is 14. The molecule has 1 N–H and O–H groups in total. The molecule has 0 heterocycles. The Bertz CT molecular complexity index is 683. The Balaban J connectivity index is 4.27. The first-order valence-electron chi connectivity index (χ1n) is 15.8. The number of likely N-dealkylation sites (N-methyl/N-ethyl adjacent to an activating group) is 1. The van der Waals surface area contributed by atoms with E-state index in [1.54, 1.807) is 0 Å². The zero-order valence-corrected chi connectivity index (χ0v) is 27.2. The van der Waals surface area contributed by atoms with Gasteiger partial charge in [-0.05, 0) is 12.8 Å². The summed E-state index contributed by atoms with van der Waals surface area (Å²) in [7, 11) is 1.48. The highest BCUT2D eigenvalue weighted by Crippen LogP contribution is 2.43. The first-order chi connectivity index (χ1) is 19.0. The Kier molecular flexibility index (Phi) is 24.0. The van der Waals surface area contributed by atoms with E-state index in [1.165, 1.54) is 64.2 Å². The van der Waals surface area contributed by atoms with Gasteiger partial charge in [0.15, 0.2) is 6.10 Å². The third-order valence-electron chi connectivity index (χ3n) is 6.64. The van der Waals surface area contributed by atoms with Crippen LogP contribution in [0.5, 0.6) is 0 Å². The van der Waals surface area contributed by atoms with Gasteiger partial charge in [-0.3, -0.25) is 18.6 Å². The van der Waals surface area contributed by atoms with Crippen molar-refractivity contribution < 1.29 is 42.1 Å². The second-order valence-electron chi connectivity index (χ2n) is 11.9. The number of phosphoric ester groups is 1. The molecule has 0 saturated carbocycles. The summed E-state index contributed by atoms with van der Waals surface area (Å²) in [6.07, 6.45) is 18.1. The smallest absolute Gasteiger partial charge is 0.462 e. The Morgan fingerprint density at radius 1 is 0.675 bits per heavy atom. The number of esters is 2. The van der Waals surface area contributed by atoms with E-state index in [9.17, 15) is 19.0 Å². The van der Waals surface area contributed by atoms with Crippen molar-refractivity contribution in [3.8, 4) is 0 Å². The standard InChI is InChI=1S/C30H60NO8P/c1-6-8-10-11-12-13-14-15-16-17-18-19-21-22-29(32)36-26-28(39-30(33)23-20-9-7-2)27-38-40(34,35)37-25-24-31(3,4)5/h28H,6-27H2,1-5H3/p+1/t28-/m0/s1. The van der Waals surface area contributed by atoms with Crippen LogP contribution in [-0.2, 0) is 32.7 Å². The van der Waals surface area contributed by atoms with Gasteiger partial charge >= 0.3 is 19.8 Å². The molecule has 10 heteroatoms. The van der Waals surface area contributed by atoms with E-state index in [-0.39, 0.29) is 25.6 Å². The fourth-order valence-electron chi connectivity index (χ4n) is 4.07. The number of ether oxygens (including phenoxy) is 2. The first kappa shape index (κ1) is 39.0. The Labute approximate surface area is 244 Å². The van der Waals surface area contributed by atoms with Crippen LogP contribution < -0.4 is 0 Å². The average Bonchev–Trinajstić information content (AvgIpc) is 2.87. The van der Waals surface area contributed by atoms with Gasteiger partial charge in [-0.1, -0.05) is 104 Å². The number of nitrogens with zero attached hydrogens (tertiary/aromatic N) is 1. The van der Waals surface area contributed by atoms with Crippen molar-refractivity contribution in [2.24, 2.45) is 0 Å². The molecule has 0 rings (SSSR count). The molecule has 1 unspecified atom stereocenters. The number of carbonyl (C=O) groups is 2. The SMILES string of the molecule is CCCCCCCCCCCCCCCC(=O)OC[C@@H](COP(=O)(O)OCC[N+](C)(C)C)OC(=O)CCCCC. The number of quaternary nitrogens is 1. The third-order valence-corrected chi connectivity index (χ3v) is 7.62. The summed E-state index contributed by atoms with van der Waals surface area (Å²) in [6, 6.07) is 0. The lowest BCUT2D eigenvalue weighted by Crippen LogP contribution is -2.37. The lowest BCUT2D eigenvalue weighted by Gasteiger charge is -2.24. The molecule has 0 fully saturated rings. The summed E-state index contributed by atoms with van der Waals surface area (Å²) in [4.78, 5) is 34.4. The molecule has 0 aliphatic rings. The third kappa shape index (κ3) is 27.2. The zero-order chi connectivity index (χ0) is 30.1. The fraction of sp³-hybridized carbons (Fsp3) is 0.933. The summed E-state index contributed by atoms with van der Waals surface area (Å²) in [5.74, 6) is -0.824. The van der Waals surface area contributed by atoms with Crippen molar-refractivity contribution in [2.75, 3.05) is 47.5 Å². The quantitative estimate of drug-likeness (QED) is 0.0434. The molecule has 0 spiro atoms. The number of carbonyl (C=O) groups excluding carboxylic acids is 2. The van der Waals surface area contributed by atoms with E-state index in [4.69, 9.17) is 18.5 Å². The van der Waals surface area contributed by atoms with Gasteiger partial charge < -0.3 is 18.9 Å². The lowest BCUT2D eigenvalue weighted by atomic mass is 10.0. The minimum Gasteiger partial charge on any atom is -0.462 e. The molecule has 0 aliphatic heterocycles. The summed E-state index contributed by atoms with van der Waals surface area (Å²) in [5.41, 5.74) is 0. The van der Waals surface area contributed by atoms with Crippen LogP contribution in [0.3, 0.4) is 0 Å². The maximum Gasteiger partial charge on any atom is 0.472 e. The fourth-order valence-corrected chi connectivity index (χ4v) is 4.81. The minimum atomic E-state index is -4.34. The van der Waals surface area contributed by atoms with E-state index in [0.29, 0.717) is 23.9 Å². The topological polar surface area (TPSA) is 108 Å². The maximum absolute atomic E-state index is 12.2. The van der Waals surface area contributed by atoms with Crippen LogP contribution >= 0.6 is 7.82 Å². The molecule has 238 valence electrons. The van der Waals surface area contributed by atoms with Crippen LogP contribution in [0.25, 0.3) is 0 Å². The number of hydrogen-bond acceptors (Lipinski definition) is 7. The molecule has 0 aromatic heterocycles. The summed E-state index contributed by atoms with van der Waals surface area (Å²) >= 11 is 0. The van der Waals surface area contributed by atoms with Crippen LogP contribution in [0.1, 0.15) is 129 Å². The summed E-state index contributed by atoms with van der Waals surface area (Å²) in [6.45, 7) is 4.21. The molecule has 0 saturated heterocycles. The largest absolute Gasteiger partial charge is 0.472 e. The summed E-state index contributed by atoms with van der Waals surface area (Å²) < 4.78 is 33.6. The summed E-state index contributed by atoms with van der Waals surface area (Å²) in [5, 5.41) is 0. The van der Waals surface area contributed by atoms with Gasteiger partial charge in [0.1, 0.15) is 19.8 Å². The van der Waals surface area contributed by atoms with Gasteiger partial charge in [-0.25, -0.2) is 4.57 Å². The van der Waals surface area contributed by atoms with Crippen LogP contribution in [0, 0.1) is 0 Å². The van der Waals surface area contributed by atoms with Crippen LogP contribution in [0.15, 0.2) is 0 Å². The Morgan fingerprint density at radius 3 is 1.65 bits per heavy atom. The van der Waals surface area contributed by atoms with Crippen molar-refractivity contribution in [1.82, 2.24) is 0 Å². The lowest BCUT2D eigenvalue weighted by molar-refractivity contribution is -0.870. The monoisotopic (exact) mass is 594 g/mol. The molecule has 0 aromatic carbocycles. The van der Waals surface area contributed by atoms with E-state index >= 15 is 0 Å². The molecule has 0 amide bonds. The number of hydrogen-bond donors (Lipinski definition) is 1. The molecule has 0 radical (unpaired) electrons. The van der Waals surface area contributed by atoms with Crippen molar-refractivity contribution in [2.45, 2.75) is 136 Å². The average molecular weight is 595 g/mol. The number of rotatable bonds is 28. The van der Waals surface area contributed by atoms with Crippen molar-refractivity contribution in [3.05, 3.63) is 0 Å². The van der Waals surface area contributed by atoms with Gasteiger partial charge in [-0.2, -0.15) is 0 Å². The molecule has 0 aromatic rings. The van der Waals surface area contributed by atoms with E-state index < -0.39 is 26.5 Å². The zero-order valence-electron chi connectivity index (χ0n) is 26.3. The van der Waals surface area contributed by atoms with Crippen molar-refractivity contribution in [3.63, 3.8) is 0 Å². The van der Waals surface area contributed by atoms with Gasteiger partial charge in [0.05, 0.1) is 27.7 Å². The normalized spacial score (nSPS) is 14.1. The van der Waals surface area contributed by atoms with Crippen LogP contribution in [-0.4, -0.2) is 74.9 Å². The Morgan fingerprint density at radius 2 is 1.12 bits per heavy atom. The van der Waals surface area contributed by atoms with Crippen LogP contribution in [0.2, 0.25) is 0 Å². The second kappa shape index (κ2) is 24.6. The van der Waals surface area contributed by atoms with Gasteiger partial charge in [0, 0.05) is 12.8 Å². The minimum absolute atomic E-state index is 0.0346. The molecular formula is C30H61NO8P+. The van der Waals surface area contributed by atoms with Gasteiger partial charge in [0.2, 0.25) is 0 Å². The van der Waals surface area contributed by atoms with Crippen molar-refractivity contribution >= 4 is 19.8 Å². The Hall–Kier alpha value is -0.990. The molecule has 0 bridgehead atoms. The van der Waals surface area contributed by atoms with Gasteiger partial charge in [0.25, 0.3) is 0 Å². The molecule has 40 heavy (non-hydrogen) atoms. The predicted octanol–water partition coefficient (Wildman–Crippen LogP) is 7.34. The molecular weight excluding hydrogens is 533 g/mol. The highest BCUT2D eigenvalue weighted by atomic mass is 31.2. The van der Waals surface area contributed by atoms with Crippen molar-refractivity contribution in [1.29, 1.82) is 0 Å². The van der Waals surface area contributed by atoms with E-state index in [0.717, 1.165) is 32.1 Å². The predicted molar refractivity (Wildman–Crippen MR) is 160 cm³/mol. The van der Waals surface area contributed by atoms with Gasteiger partial charge in [-0.15, -0.1) is 0 Å². The van der Waals surface area contributed by atoms with Crippen LogP contribution in [0.4, 0.5) is 0 Å².